The normalized spacial score (nSPS) is 15.2. The van der Waals surface area contributed by atoms with Gasteiger partial charge in [0, 0.05) is 30.0 Å². The zero-order valence-electron chi connectivity index (χ0n) is 9.62. The third-order valence-electron chi connectivity index (χ3n) is 3.18. The fraction of sp³-hybridized carbons (Fsp3) is 0.231. The minimum atomic E-state index is 0.412. The Morgan fingerprint density at radius 2 is 2.22 bits per heavy atom. The summed E-state index contributed by atoms with van der Waals surface area (Å²) in [6.07, 6.45) is 3.78. The van der Waals surface area contributed by atoms with Crippen molar-refractivity contribution in [1.29, 1.82) is 5.26 Å². The summed E-state index contributed by atoms with van der Waals surface area (Å²) in [5.74, 6) is 0. The van der Waals surface area contributed by atoms with Crippen molar-refractivity contribution in [2.45, 2.75) is 6.04 Å². The highest BCUT2D eigenvalue weighted by atomic mass is 79.9. The van der Waals surface area contributed by atoms with E-state index < -0.39 is 0 Å². The molecule has 1 fully saturated rings. The number of hydrogen-bond donors (Lipinski definition) is 0. The molecule has 0 radical (unpaired) electrons. The van der Waals surface area contributed by atoms with Gasteiger partial charge in [0.2, 0.25) is 0 Å². The molecule has 0 aliphatic carbocycles. The lowest BCUT2D eigenvalue weighted by atomic mass is 10.1. The quantitative estimate of drug-likeness (QED) is 0.856. The van der Waals surface area contributed by atoms with Gasteiger partial charge in [0.15, 0.2) is 0 Å². The standard InChI is InChI=1S/C13H11BrN4/c14-11-2-3-13(10(6-11)7-15)17-8-12(9-17)18-5-1-4-16-18/h1-6,12H,8-9H2. The maximum Gasteiger partial charge on any atom is 0.101 e. The van der Waals surface area contributed by atoms with E-state index in [-0.39, 0.29) is 0 Å². The Labute approximate surface area is 114 Å². The molecule has 0 saturated carbocycles. The zero-order valence-corrected chi connectivity index (χ0v) is 11.2. The van der Waals surface area contributed by atoms with E-state index in [4.69, 9.17) is 5.26 Å². The predicted octanol–water partition coefficient (Wildman–Crippen LogP) is 2.58. The Hall–Kier alpha value is -1.80. The van der Waals surface area contributed by atoms with E-state index in [9.17, 15) is 0 Å². The van der Waals surface area contributed by atoms with Gasteiger partial charge in [-0.05, 0) is 24.3 Å². The molecule has 1 aliphatic rings. The van der Waals surface area contributed by atoms with Crippen molar-refractivity contribution in [2.24, 2.45) is 0 Å². The van der Waals surface area contributed by atoms with Crippen molar-refractivity contribution in [3.05, 3.63) is 46.7 Å². The summed E-state index contributed by atoms with van der Waals surface area (Å²) in [6.45, 7) is 1.80. The van der Waals surface area contributed by atoms with E-state index in [1.54, 1.807) is 6.20 Å². The van der Waals surface area contributed by atoms with Gasteiger partial charge in [-0.15, -0.1) is 0 Å². The number of hydrogen-bond acceptors (Lipinski definition) is 3. The second-order valence-corrected chi connectivity index (χ2v) is 5.23. The summed E-state index contributed by atoms with van der Waals surface area (Å²) in [6, 6.07) is 10.4. The van der Waals surface area contributed by atoms with Gasteiger partial charge in [0.05, 0.1) is 17.3 Å². The van der Waals surface area contributed by atoms with Gasteiger partial charge in [0.25, 0.3) is 0 Å². The molecule has 2 heterocycles. The van der Waals surface area contributed by atoms with E-state index >= 15 is 0 Å². The van der Waals surface area contributed by atoms with Crippen LogP contribution in [0.15, 0.2) is 41.1 Å². The van der Waals surface area contributed by atoms with Gasteiger partial charge >= 0.3 is 0 Å². The molecule has 18 heavy (non-hydrogen) atoms. The molecular formula is C13H11BrN4. The Balaban J connectivity index is 1.77. The Bertz CT molecular complexity index is 594. The molecule has 3 rings (SSSR count). The number of aromatic nitrogens is 2. The molecule has 0 amide bonds. The number of nitriles is 1. The molecule has 0 N–H and O–H groups in total. The molecule has 0 bridgehead atoms. The van der Waals surface area contributed by atoms with Crippen molar-refractivity contribution in [1.82, 2.24) is 9.78 Å². The molecule has 4 nitrogen and oxygen atoms in total. The summed E-state index contributed by atoms with van der Waals surface area (Å²) in [4.78, 5) is 2.21. The molecule has 1 aliphatic heterocycles. The Morgan fingerprint density at radius 1 is 1.39 bits per heavy atom. The first-order valence-electron chi connectivity index (χ1n) is 5.71. The van der Waals surface area contributed by atoms with Crippen LogP contribution in [-0.2, 0) is 0 Å². The van der Waals surface area contributed by atoms with E-state index in [1.165, 1.54) is 0 Å². The second kappa shape index (κ2) is 4.46. The van der Waals surface area contributed by atoms with Crippen molar-refractivity contribution >= 4 is 21.6 Å². The highest BCUT2D eigenvalue weighted by molar-refractivity contribution is 9.10. The molecule has 1 saturated heterocycles. The van der Waals surface area contributed by atoms with Crippen molar-refractivity contribution in [2.75, 3.05) is 18.0 Å². The minimum Gasteiger partial charge on any atom is -0.366 e. The predicted molar refractivity (Wildman–Crippen MR) is 72.3 cm³/mol. The first kappa shape index (κ1) is 11.3. The highest BCUT2D eigenvalue weighted by Gasteiger charge is 2.29. The Morgan fingerprint density at radius 3 is 2.89 bits per heavy atom. The van der Waals surface area contributed by atoms with Crippen LogP contribution >= 0.6 is 15.9 Å². The lowest BCUT2D eigenvalue weighted by Crippen LogP contribution is -2.48. The number of benzene rings is 1. The molecule has 2 aromatic rings. The van der Waals surface area contributed by atoms with Crippen molar-refractivity contribution in [3.63, 3.8) is 0 Å². The molecule has 1 aromatic heterocycles. The summed E-state index contributed by atoms with van der Waals surface area (Å²) in [5, 5.41) is 13.4. The molecule has 1 aromatic carbocycles. The van der Waals surface area contributed by atoms with E-state index in [0.29, 0.717) is 11.6 Å². The van der Waals surface area contributed by atoms with Crippen LogP contribution < -0.4 is 4.90 Å². The van der Waals surface area contributed by atoms with Gasteiger partial charge < -0.3 is 4.90 Å². The SMILES string of the molecule is N#Cc1cc(Br)ccc1N1CC(n2cccn2)C1. The third-order valence-corrected chi connectivity index (χ3v) is 3.67. The molecule has 0 atom stereocenters. The van der Waals surface area contributed by atoms with Gasteiger partial charge in [-0.3, -0.25) is 4.68 Å². The van der Waals surface area contributed by atoms with Crippen LogP contribution in [0.3, 0.4) is 0 Å². The van der Waals surface area contributed by atoms with Gasteiger partial charge in [0.1, 0.15) is 6.07 Å². The molecule has 0 unspecified atom stereocenters. The van der Waals surface area contributed by atoms with Crippen LogP contribution in [0.2, 0.25) is 0 Å². The second-order valence-electron chi connectivity index (χ2n) is 4.32. The number of nitrogens with zero attached hydrogens (tertiary/aromatic N) is 4. The van der Waals surface area contributed by atoms with E-state index in [2.05, 4.69) is 32.0 Å². The van der Waals surface area contributed by atoms with Crippen LogP contribution in [0, 0.1) is 11.3 Å². The topological polar surface area (TPSA) is 44.9 Å². The molecular weight excluding hydrogens is 292 g/mol. The lowest BCUT2D eigenvalue weighted by molar-refractivity contribution is 0.368. The Kier molecular flexibility index (Phi) is 2.80. The number of anilines is 1. The minimum absolute atomic E-state index is 0.412. The van der Waals surface area contributed by atoms with Crippen molar-refractivity contribution < 1.29 is 0 Å². The number of rotatable bonds is 2. The summed E-state index contributed by atoms with van der Waals surface area (Å²) in [7, 11) is 0. The van der Waals surface area contributed by atoms with Crippen LogP contribution in [0.5, 0.6) is 0 Å². The monoisotopic (exact) mass is 302 g/mol. The molecule has 90 valence electrons. The van der Waals surface area contributed by atoms with E-state index in [0.717, 1.165) is 23.2 Å². The lowest BCUT2D eigenvalue weighted by Gasteiger charge is -2.41. The zero-order chi connectivity index (χ0) is 12.5. The maximum absolute atomic E-state index is 9.15. The largest absolute Gasteiger partial charge is 0.366 e. The van der Waals surface area contributed by atoms with Crippen molar-refractivity contribution in [3.8, 4) is 6.07 Å². The smallest absolute Gasteiger partial charge is 0.101 e. The van der Waals surface area contributed by atoms with E-state index in [1.807, 2.05) is 35.1 Å². The van der Waals surface area contributed by atoms with Crippen LogP contribution in [-0.4, -0.2) is 22.9 Å². The molecule has 5 heteroatoms. The first-order chi connectivity index (χ1) is 8.78. The van der Waals surface area contributed by atoms with Crippen LogP contribution in [0.25, 0.3) is 0 Å². The summed E-state index contributed by atoms with van der Waals surface area (Å²) >= 11 is 3.39. The van der Waals surface area contributed by atoms with Gasteiger partial charge in [-0.25, -0.2) is 0 Å². The van der Waals surface area contributed by atoms with Crippen LogP contribution in [0.1, 0.15) is 11.6 Å². The fourth-order valence-electron chi connectivity index (χ4n) is 2.19. The maximum atomic E-state index is 9.15. The highest BCUT2D eigenvalue weighted by Crippen LogP contribution is 2.31. The van der Waals surface area contributed by atoms with Crippen LogP contribution in [0.4, 0.5) is 5.69 Å². The average Bonchev–Trinajstić information content (AvgIpc) is 2.82. The van der Waals surface area contributed by atoms with Gasteiger partial charge in [-0.1, -0.05) is 15.9 Å². The fourth-order valence-corrected chi connectivity index (χ4v) is 2.55. The first-order valence-corrected chi connectivity index (χ1v) is 6.51. The summed E-state index contributed by atoms with van der Waals surface area (Å²) < 4.78 is 2.91. The number of halogens is 1. The average molecular weight is 303 g/mol. The van der Waals surface area contributed by atoms with Gasteiger partial charge in [-0.2, -0.15) is 10.4 Å². The third kappa shape index (κ3) is 1.89. The summed E-state index contributed by atoms with van der Waals surface area (Å²) in [5.41, 5.74) is 1.72. The molecule has 0 spiro atoms.